The molecule has 58 valence electrons. The highest BCUT2D eigenvalue weighted by molar-refractivity contribution is 5.11. The Morgan fingerprint density at radius 1 is 1.33 bits per heavy atom. The molecule has 0 saturated carbocycles. The number of nitriles is 2. The van der Waals surface area contributed by atoms with Crippen LogP contribution in [0, 0.1) is 28.6 Å². The summed E-state index contributed by atoms with van der Waals surface area (Å²) in [5, 5.41) is 17.0. The molecule has 0 amide bonds. The second-order valence-electron chi connectivity index (χ2n) is 2.34. The summed E-state index contributed by atoms with van der Waals surface area (Å²) in [7, 11) is 0. The molecule has 0 aliphatic carbocycles. The lowest BCUT2D eigenvalue weighted by Gasteiger charge is -1.97. The van der Waals surface area contributed by atoms with Crippen LogP contribution in [-0.2, 0) is 6.42 Å². The average Bonchev–Trinajstić information content (AvgIpc) is 2.16. The maximum atomic E-state index is 8.49. The predicted octanol–water partition coefficient (Wildman–Crippen LogP) is 1.29. The molecule has 0 unspecified atom stereocenters. The molecule has 3 nitrogen and oxygen atoms in total. The smallest absolute Gasteiger partial charge is 0.138 e. The number of rotatable bonds is 2. The van der Waals surface area contributed by atoms with Crippen molar-refractivity contribution >= 4 is 0 Å². The van der Waals surface area contributed by atoms with E-state index in [2.05, 4.69) is 4.98 Å². The van der Waals surface area contributed by atoms with Gasteiger partial charge >= 0.3 is 0 Å². The zero-order chi connectivity index (χ0) is 8.81. The van der Waals surface area contributed by atoms with E-state index < -0.39 is 5.92 Å². The van der Waals surface area contributed by atoms with Crippen molar-refractivity contribution in [3.8, 4) is 12.1 Å². The van der Waals surface area contributed by atoms with Crippen molar-refractivity contribution in [1.29, 1.82) is 10.5 Å². The van der Waals surface area contributed by atoms with Crippen molar-refractivity contribution in [2.24, 2.45) is 5.92 Å². The van der Waals surface area contributed by atoms with Gasteiger partial charge in [0.05, 0.1) is 12.1 Å². The van der Waals surface area contributed by atoms with Gasteiger partial charge in [0, 0.05) is 18.3 Å². The fraction of sp³-hybridized carbons (Fsp3) is 0.222. The molecule has 0 fully saturated rings. The maximum absolute atomic E-state index is 8.49. The zero-order valence-corrected chi connectivity index (χ0v) is 6.44. The highest BCUT2D eigenvalue weighted by atomic mass is 14.7. The number of nitrogens with zero attached hydrogens (tertiary/aromatic N) is 3. The Labute approximate surface area is 70.9 Å². The molecule has 0 atom stereocenters. The Morgan fingerprint density at radius 2 is 2.08 bits per heavy atom. The summed E-state index contributed by atoms with van der Waals surface area (Å²) in [5.74, 6) is -0.583. The largest absolute Gasteiger partial charge is 0.261 e. The van der Waals surface area contributed by atoms with Gasteiger partial charge in [0.25, 0.3) is 0 Å². The Balaban J connectivity index is 2.66. The lowest BCUT2D eigenvalue weighted by atomic mass is 10.1. The van der Waals surface area contributed by atoms with Crippen molar-refractivity contribution in [1.82, 2.24) is 4.98 Å². The van der Waals surface area contributed by atoms with Gasteiger partial charge in [-0.1, -0.05) is 6.07 Å². The summed E-state index contributed by atoms with van der Waals surface area (Å²) in [5.41, 5.74) is 0.783. The molecular weight excluding hydrogens is 150 g/mol. The molecule has 3 heteroatoms. The minimum atomic E-state index is -0.583. The van der Waals surface area contributed by atoms with Crippen LogP contribution in [0.25, 0.3) is 0 Å². The Hall–Kier alpha value is -1.87. The first-order valence-electron chi connectivity index (χ1n) is 3.56. The van der Waals surface area contributed by atoms with Crippen LogP contribution in [0.5, 0.6) is 0 Å². The normalized spacial score (nSPS) is 8.92. The molecule has 0 radical (unpaired) electrons. The van der Waals surface area contributed by atoms with E-state index in [-0.39, 0.29) is 0 Å². The molecule has 0 aromatic carbocycles. The predicted molar refractivity (Wildman–Crippen MR) is 42.7 cm³/mol. The number of hydrogen-bond donors (Lipinski definition) is 0. The molecule has 1 rings (SSSR count). The first-order chi connectivity index (χ1) is 5.86. The highest BCUT2D eigenvalue weighted by Gasteiger charge is 2.06. The van der Waals surface area contributed by atoms with Crippen LogP contribution in [0.3, 0.4) is 0 Å². The van der Waals surface area contributed by atoms with Gasteiger partial charge in [0.2, 0.25) is 0 Å². The van der Waals surface area contributed by atoms with Crippen molar-refractivity contribution in [3.05, 3.63) is 30.1 Å². The minimum absolute atomic E-state index is 0.411. The van der Waals surface area contributed by atoms with Gasteiger partial charge in [0.15, 0.2) is 0 Å². The molecule has 12 heavy (non-hydrogen) atoms. The van der Waals surface area contributed by atoms with Gasteiger partial charge in [-0.15, -0.1) is 0 Å². The number of hydrogen-bond acceptors (Lipinski definition) is 3. The van der Waals surface area contributed by atoms with Gasteiger partial charge in [-0.25, -0.2) is 0 Å². The van der Waals surface area contributed by atoms with Gasteiger partial charge in [-0.05, 0) is 12.1 Å². The summed E-state index contributed by atoms with van der Waals surface area (Å²) in [4.78, 5) is 4.01. The van der Waals surface area contributed by atoms with Crippen molar-refractivity contribution < 1.29 is 0 Å². The average molecular weight is 157 g/mol. The van der Waals surface area contributed by atoms with Crippen molar-refractivity contribution in [2.45, 2.75) is 6.42 Å². The van der Waals surface area contributed by atoms with Crippen LogP contribution in [-0.4, -0.2) is 4.98 Å². The third-order valence-corrected chi connectivity index (χ3v) is 1.45. The van der Waals surface area contributed by atoms with Gasteiger partial charge < -0.3 is 0 Å². The van der Waals surface area contributed by atoms with Gasteiger partial charge in [-0.2, -0.15) is 10.5 Å². The maximum Gasteiger partial charge on any atom is 0.138 e. The molecule has 0 saturated heterocycles. The second-order valence-corrected chi connectivity index (χ2v) is 2.34. The standard InChI is InChI=1S/C9H7N3/c10-6-8(7-11)5-9-3-1-2-4-12-9/h1-4,8H,5H2. The summed E-state index contributed by atoms with van der Waals surface area (Å²) < 4.78 is 0. The van der Waals surface area contributed by atoms with E-state index in [1.807, 2.05) is 24.3 Å². The lowest BCUT2D eigenvalue weighted by Crippen LogP contribution is -1.99. The topological polar surface area (TPSA) is 60.5 Å². The van der Waals surface area contributed by atoms with Crippen LogP contribution < -0.4 is 0 Å². The van der Waals surface area contributed by atoms with Crippen molar-refractivity contribution in [2.75, 3.05) is 0 Å². The summed E-state index contributed by atoms with van der Waals surface area (Å²) in [6.07, 6.45) is 2.06. The van der Waals surface area contributed by atoms with E-state index in [9.17, 15) is 0 Å². The van der Waals surface area contributed by atoms with Crippen LogP contribution in [0.15, 0.2) is 24.4 Å². The molecule has 0 N–H and O–H groups in total. The van der Waals surface area contributed by atoms with E-state index in [1.165, 1.54) is 0 Å². The fourth-order valence-corrected chi connectivity index (χ4v) is 0.848. The van der Waals surface area contributed by atoms with Gasteiger partial charge in [0.1, 0.15) is 5.92 Å². The minimum Gasteiger partial charge on any atom is -0.261 e. The van der Waals surface area contributed by atoms with E-state index in [4.69, 9.17) is 10.5 Å². The van der Waals surface area contributed by atoms with E-state index in [0.29, 0.717) is 6.42 Å². The molecule has 1 aromatic rings. The third-order valence-electron chi connectivity index (χ3n) is 1.45. The SMILES string of the molecule is N#CC(C#N)Cc1ccccn1. The molecule has 0 aliphatic heterocycles. The summed E-state index contributed by atoms with van der Waals surface area (Å²) >= 11 is 0. The zero-order valence-electron chi connectivity index (χ0n) is 6.44. The Morgan fingerprint density at radius 3 is 2.58 bits per heavy atom. The molecule has 1 aromatic heterocycles. The van der Waals surface area contributed by atoms with E-state index in [0.717, 1.165) is 5.69 Å². The third kappa shape index (κ3) is 2.07. The first kappa shape index (κ1) is 8.23. The molecular formula is C9H7N3. The van der Waals surface area contributed by atoms with Gasteiger partial charge in [-0.3, -0.25) is 4.98 Å². The lowest BCUT2D eigenvalue weighted by molar-refractivity contribution is 0.807. The van der Waals surface area contributed by atoms with E-state index >= 15 is 0 Å². The number of pyridine rings is 1. The molecule has 1 heterocycles. The van der Waals surface area contributed by atoms with Crippen molar-refractivity contribution in [3.63, 3.8) is 0 Å². The quantitative estimate of drug-likeness (QED) is 0.649. The summed E-state index contributed by atoms with van der Waals surface area (Å²) in [6, 6.07) is 9.25. The monoisotopic (exact) mass is 157 g/mol. The van der Waals surface area contributed by atoms with Crippen LogP contribution in [0.4, 0.5) is 0 Å². The van der Waals surface area contributed by atoms with Crippen LogP contribution in [0.1, 0.15) is 5.69 Å². The Kier molecular flexibility index (Phi) is 2.81. The van der Waals surface area contributed by atoms with Crippen LogP contribution in [0.2, 0.25) is 0 Å². The number of aromatic nitrogens is 1. The molecule has 0 bridgehead atoms. The van der Waals surface area contributed by atoms with Crippen LogP contribution >= 0.6 is 0 Å². The fourth-order valence-electron chi connectivity index (χ4n) is 0.848. The van der Waals surface area contributed by atoms with E-state index in [1.54, 1.807) is 12.3 Å². The first-order valence-corrected chi connectivity index (χ1v) is 3.56. The second kappa shape index (κ2) is 4.10. The summed E-state index contributed by atoms with van der Waals surface area (Å²) in [6.45, 7) is 0. The molecule has 0 spiro atoms. The highest BCUT2D eigenvalue weighted by Crippen LogP contribution is 2.03. The molecule has 0 aliphatic rings. The Bertz CT molecular complexity index is 304.